The van der Waals surface area contributed by atoms with Crippen LogP contribution in [0, 0.1) is 6.92 Å². The minimum atomic E-state index is -0.378. The number of hydrogen-bond acceptors (Lipinski definition) is 3. The number of benzene rings is 3. The van der Waals surface area contributed by atoms with Gasteiger partial charge in [-0.2, -0.15) is 0 Å². The highest BCUT2D eigenvalue weighted by atomic mass is 16.3. The molecule has 30 heavy (non-hydrogen) atoms. The van der Waals surface area contributed by atoms with E-state index < -0.39 is 0 Å². The maximum Gasteiger partial charge on any atom is 0.257 e. The van der Waals surface area contributed by atoms with Crippen molar-refractivity contribution in [3.8, 4) is 5.75 Å². The van der Waals surface area contributed by atoms with Gasteiger partial charge in [0.05, 0.1) is 11.3 Å². The predicted octanol–water partition coefficient (Wildman–Crippen LogP) is 5.50. The molecule has 0 aliphatic carbocycles. The maximum absolute atomic E-state index is 12.8. The van der Waals surface area contributed by atoms with Crippen LogP contribution in [0.3, 0.4) is 0 Å². The van der Waals surface area contributed by atoms with E-state index in [1.54, 1.807) is 55.5 Å². The highest BCUT2D eigenvalue weighted by Gasteiger charge is 2.17. The molecule has 3 rings (SSSR count). The molecule has 0 saturated carbocycles. The largest absolute Gasteiger partial charge is 0.508 e. The summed E-state index contributed by atoms with van der Waals surface area (Å²) < 4.78 is 0. The van der Waals surface area contributed by atoms with Gasteiger partial charge in [0, 0.05) is 17.3 Å². The molecule has 2 amide bonds. The first-order valence-corrected chi connectivity index (χ1v) is 9.77. The van der Waals surface area contributed by atoms with E-state index in [4.69, 9.17) is 0 Å². The summed E-state index contributed by atoms with van der Waals surface area (Å²) >= 11 is 0. The number of carbonyl (C=O) groups is 2. The number of hydrogen-bond donors (Lipinski definition) is 3. The van der Waals surface area contributed by atoms with Crippen LogP contribution in [0.2, 0.25) is 0 Å². The number of phenols is 1. The molecular formula is C25H26N2O3. The van der Waals surface area contributed by atoms with Gasteiger partial charge in [0.25, 0.3) is 11.8 Å². The second kappa shape index (κ2) is 8.41. The number of nitrogens with one attached hydrogen (secondary N) is 2. The fourth-order valence-electron chi connectivity index (χ4n) is 2.99. The molecule has 0 atom stereocenters. The molecule has 3 aromatic rings. The Morgan fingerprint density at radius 2 is 1.50 bits per heavy atom. The van der Waals surface area contributed by atoms with Crippen LogP contribution >= 0.6 is 0 Å². The molecule has 0 saturated heterocycles. The lowest BCUT2D eigenvalue weighted by Crippen LogP contribution is -2.18. The van der Waals surface area contributed by atoms with Crippen LogP contribution in [0.25, 0.3) is 0 Å². The summed E-state index contributed by atoms with van der Waals surface area (Å²) in [5.74, 6) is -0.561. The standard InChI is InChI=1S/C25H26N2O3/c1-16-9-14-19(15-22(16)28)26-24(30)20-7-5-6-8-21(20)27-23(29)17-10-12-18(13-11-17)25(2,3)4/h5-15,28H,1-4H3,(H,26,30)(H,27,29). The van der Waals surface area contributed by atoms with Crippen LogP contribution in [0.5, 0.6) is 5.75 Å². The van der Waals surface area contributed by atoms with Gasteiger partial charge < -0.3 is 15.7 Å². The van der Waals surface area contributed by atoms with Gasteiger partial charge in [-0.1, -0.05) is 51.1 Å². The molecule has 0 spiro atoms. The van der Waals surface area contributed by atoms with E-state index in [9.17, 15) is 14.7 Å². The summed E-state index contributed by atoms with van der Waals surface area (Å²) in [6.07, 6.45) is 0. The van der Waals surface area contributed by atoms with Gasteiger partial charge in [0.2, 0.25) is 0 Å². The van der Waals surface area contributed by atoms with Gasteiger partial charge in [0.1, 0.15) is 5.75 Å². The Kier molecular flexibility index (Phi) is 5.92. The average Bonchev–Trinajstić information content (AvgIpc) is 2.70. The van der Waals surface area contributed by atoms with E-state index >= 15 is 0 Å². The lowest BCUT2D eigenvalue weighted by molar-refractivity contribution is 0.102. The van der Waals surface area contributed by atoms with Crippen molar-refractivity contribution in [1.29, 1.82) is 0 Å². The second-order valence-corrected chi connectivity index (χ2v) is 8.28. The normalized spacial score (nSPS) is 11.1. The predicted molar refractivity (Wildman–Crippen MR) is 120 cm³/mol. The van der Waals surface area contributed by atoms with Gasteiger partial charge in [0.15, 0.2) is 0 Å². The highest BCUT2D eigenvalue weighted by Crippen LogP contribution is 2.24. The number of para-hydroxylation sites is 1. The highest BCUT2D eigenvalue weighted by molar-refractivity contribution is 6.12. The van der Waals surface area contributed by atoms with Crippen molar-refractivity contribution in [1.82, 2.24) is 0 Å². The van der Waals surface area contributed by atoms with Crippen molar-refractivity contribution < 1.29 is 14.7 Å². The first-order chi connectivity index (χ1) is 14.1. The molecule has 0 aliphatic heterocycles. The fraction of sp³-hybridized carbons (Fsp3) is 0.200. The van der Waals surface area contributed by atoms with Crippen LogP contribution in [0.4, 0.5) is 11.4 Å². The third kappa shape index (κ3) is 4.87. The van der Waals surface area contributed by atoms with Crippen LogP contribution in [-0.4, -0.2) is 16.9 Å². The Hall–Kier alpha value is -3.60. The first-order valence-electron chi connectivity index (χ1n) is 9.77. The summed E-state index contributed by atoms with van der Waals surface area (Å²) in [7, 11) is 0. The third-order valence-corrected chi connectivity index (χ3v) is 4.90. The van der Waals surface area contributed by atoms with Crippen molar-refractivity contribution in [2.45, 2.75) is 33.1 Å². The van der Waals surface area contributed by atoms with Gasteiger partial charge >= 0.3 is 0 Å². The number of aromatic hydroxyl groups is 1. The average molecular weight is 402 g/mol. The van der Waals surface area contributed by atoms with Crippen LogP contribution < -0.4 is 10.6 Å². The van der Waals surface area contributed by atoms with Gasteiger partial charge in [-0.25, -0.2) is 0 Å². The molecule has 0 aromatic heterocycles. The molecule has 0 bridgehead atoms. The molecule has 0 heterocycles. The van der Waals surface area contributed by atoms with E-state index in [0.717, 1.165) is 11.1 Å². The van der Waals surface area contributed by atoms with Crippen molar-refractivity contribution in [2.24, 2.45) is 0 Å². The number of carbonyl (C=O) groups excluding carboxylic acids is 2. The molecule has 0 aliphatic rings. The topological polar surface area (TPSA) is 78.4 Å². The zero-order valence-corrected chi connectivity index (χ0v) is 17.6. The monoisotopic (exact) mass is 402 g/mol. The Balaban J connectivity index is 1.78. The molecule has 154 valence electrons. The quantitative estimate of drug-likeness (QED) is 0.539. The van der Waals surface area contributed by atoms with E-state index in [1.165, 1.54) is 6.07 Å². The molecule has 3 aromatic carbocycles. The SMILES string of the molecule is Cc1ccc(NC(=O)c2ccccc2NC(=O)c2ccc(C(C)(C)C)cc2)cc1O. The Morgan fingerprint density at radius 3 is 2.13 bits per heavy atom. The van der Waals surface area contributed by atoms with Crippen molar-refractivity contribution in [2.75, 3.05) is 10.6 Å². The number of phenolic OH excluding ortho intramolecular Hbond substituents is 1. The van der Waals surface area contributed by atoms with E-state index in [-0.39, 0.29) is 23.0 Å². The fourth-order valence-corrected chi connectivity index (χ4v) is 2.99. The summed E-state index contributed by atoms with van der Waals surface area (Å²) in [4.78, 5) is 25.5. The summed E-state index contributed by atoms with van der Waals surface area (Å²) in [6, 6.07) is 19.2. The van der Waals surface area contributed by atoms with Crippen LogP contribution in [0.1, 0.15) is 52.6 Å². The number of amides is 2. The van der Waals surface area contributed by atoms with Crippen LogP contribution in [0.15, 0.2) is 66.7 Å². The Labute approximate surface area is 176 Å². The van der Waals surface area contributed by atoms with E-state index in [2.05, 4.69) is 31.4 Å². The van der Waals surface area contributed by atoms with Gasteiger partial charge in [-0.3, -0.25) is 9.59 Å². The lowest BCUT2D eigenvalue weighted by Gasteiger charge is -2.19. The van der Waals surface area contributed by atoms with E-state index in [1.807, 2.05) is 12.1 Å². The molecule has 0 unspecified atom stereocenters. The second-order valence-electron chi connectivity index (χ2n) is 8.28. The maximum atomic E-state index is 12.8. The number of rotatable bonds is 4. The zero-order chi connectivity index (χ0) is 21.9. The summed E-state index contributed by atoms with van der Waals surface area (Å²) in [6.45, 7) is 8.12. The molecule has 3 N–H and O–H groups in total. The summed E-state index contributed by atoms with van der Waals surface area (Å²) in [5.41, 5.74) is 3.60. The number of anilines is 2. The van der Waals surface area contributed by atoms with Gasteiger partial charge in [-0.15, -0.1) is 0 Å². The van der Waals surface area contributed by atoms with Crippen molar-refractivity contribution in [3.05, 3.63) is 89.0 Å². The van der Waals surface area contributed by atoms with Crippen molar-refractivity contribution in [3.63, 3.8) is 0 Å². The first kappa shape index (κ1) is 21.1. The summed E-state index contributed by atoms with van der Waals surface area (Å²) in [5, 5.41) is 15.4. The molecule has 5 heteroatoms. The van der Waals surface area contributed by atoms with Crippen LogP contribution in [-0.2, 0) is 5.41 Å². The minimum absolute atomic E-state index is 0.00407. The van der Waals surface area contributed by atoms with Gasteiger partial charge in [-0.05, 0) is 53.8 Å². The molecular weight excluding hydrogens is 376 g/mol. The molecule has 0 fully saturated rings. The zero-order valence-electron chi connectivity index (χ0n) is 17.6. The smallest absolute Gasteiger partial charge is 0.257 e. The lowest BCUT2D eigenvalue weighted by atomic mass is 9.86. The minimum Gasteiger partial charge on any atom is -0.508 e. The third-order valence-electron chi connectivity index (χ3n) is 4.90. The number of aryl methyl sites for hydroxylation is 1. The van der Waals surface area contributed by atoms with E-state index in [0.29, 0.717) is 22.5 Å². The van der Waals surface area contributed by atoms with Crippen molar-refractivity contribution >= 4 is 23.2 Å². The molecule has 0 radical (unpaired) electrons. The Morgan fingerprint density at radius 1 is 0.833 bits per heavy atom. The molecule has 5 nitrogen and oxygen atoms in total. The Bertz CT molecular complexity index is 1080.